The molecule has 0 aromatic carbocycles. The summed E-state index contributed by atoms with van der Waals surface area (Å²) in [5.41, 5.74) is 0.942. The number of aromatic nitrogens is 2. The van der Waals surface area contributed by atoms with Crippen LogP contribution in [-0.4, -0.2) is 57.1 Å². The van der Waals surface area contributed by atoms with Crippen LogP contribution < -0.4 is 5.32 Å². The monoisotopic (exact) mass is 596 g/mol. The van der Waals surface area contributed by atoms with Crippen molar-refractivity contribution >= 4 is 34.9 Å². The normalized spacial score (nSPS) is 23.5. The summed E-state index contributed by atoms with van der Waals surface area (Å²) in [7, 11) is 1.75. The summed E-state index contributed by atoms with van der Waals surface area (Å²) in [6, 6.07) is 4.88. The van der Waals surface area contributed by atoms with Gasteiger partial charge < -0.3 is 15.0 Å². The average Bonchev–Trinajstić information content (AvgIpc) is 3.42. The Balaban J connectivity index is 1.49. The number of thiazole rings is 1. The van der Waals surface area contributed by atoms with Gasteiger partial charge >= 0.3 is 5.97 Å². The molecule has 2 bridgehead atoms. The van der Waals surface area contributed by atoms with E-state index in [0.29, 0.717) is 28.2 Å². The molecular formula is C32H44N4O5S. The highest BCUT2D eigenvalue weighted by atomic mass is 32.1. The zero-order chi connectivity index (χ0) is 30.8. The van der Waals surface area contributed by atoms with Crippen LogP contribution in [0.15, 0.2) is 29.8 Å². The molecule has 9 nitrogen and oxygen atoms in total. The van der Waals surface area contributed by atoms with Crippen LogP contribution in [0.2, 0.25) is 0 Å². The number of Topliss-reactive ketones (excluding diaryl/α,β-unsaturated/α-hetero) is 1. The number of carbonyl (C=O) groups excluding carboxylic acids is 4. The van der Waals surface area contributed by atoms with Crippen LogP contribution in [0.1, 0.15) is 112 Å². The SMILES string of the molecule is CC[C@H](C)[C@H](CC(=O)c1ccccn1)C(=O)N(C)[C@H](C[C@@H](OC(C)=O)c1nc(C(=O)NC23CC(C)(C2)C3)cs1)C(C)C. The summed E-state index contributed by atoms with van der Waals surface area (Å²) in [4.78, 5) is 62.6. The molecule has 10 heteroatoms. The van der Waals surface area contributed by atoms with Crippen molar-refractivity contribution < 1.29 is 23.9 Å². The fourth-order valence-electron chi connectivity index (χ4n) is 6.84. The Morgan fingerprint density at radius 1 is 1.12 bits per heavy atom. The molecular weight excluding hydrogens is 552 g/mol. The smallest absolute Gasteiger partial charge is 0.303 e. The summed E-state index contributed by atoms with van der Waals surface area (Å²) >= 11 is 1.28. The van der Waals surface area contributed by atoms with Crippen molar-refractivity contribution in [3.63, 3.8) is 0 Å². The van der Waals surface area contributed by atoms with Crippen LogP contribution >= 0.6 is 11.3 Å². The second-order valence-corrected chi connectivity index (χ2v) is 14.0. The number of hydrogen-bond donors (Lipinski definition) is 1. The van der Waals surface area contributed by atoms with Crippen molar-refractivity contribution in [2.45, 2.75) is 97.8 Å². The number of esters is 1. The fourth-order valence-corrected chi connectivity index (χ4v) is 7.68. The van der Waals surface area contributed by atoms with E-state index in [9.17, 15) is 19.2 Å². The number of carbonyl (C=O) groups is 4. The molecule has 0 aliphatic heterocycles. The standard InChI is InChI=1S/C32H44N4O5S/c1-8-20(4)22(13-26(38)23-11-9-10-12-33-23)30(40)36(7)25(19(2)3)14-27(41-21(5)37)29-34-24(15-42-29)28(39)35-32-16-31(6,17-32)18-32/h9-12,15,19-20,22,25,27H,8,13-14,16-18H2,1-7H3,(H,35,39)/t20-,22-,25+,27+,31?,32?/m0/s1. The van der Waals surface area contributed by atoms with E-state index >= 15 is 0 Å². The molecule has 1 N–H and O–H groups in total. The first-order chi connectivity index (χ1) is 19.8. The Hall–Kier alpha value is -3.14. The average molecular weight is 597 g/mol. The second kappa shape index (κ2) is 12.6. The Kier molecular flexibility index (Phi) is 9.55. The van der Waals surface area contributed by atoms with E-state index in [1.54, 1.807) is 41.7 Å². The summed E-state index contributed by atoms with van der Waals surface area (Å²) in [5, 5.41) is 5.38. The first-order valence-corrected chi connectivity index (χ1v) is 15.8. The van der Waals surface area contributed by atoms with E-state index in [2.05, 4.69) is 22.2 Å². The third kappa shape index (κ3) is 6.90. The highest BCUT2D eigenvalue weighted by molar-refractivity contribution is 7.09. The molecule has 0 radical (unpaired) electrons. The van der Waals surface area contributed by atoms with Gasteiger partial charge in [-0.1, -0.05) is 47.1 Å². The predicted molar refractivity (Wildman–Crippen MR) is 161 cm³/mol. The van der Waals surface area contributed by atoms with Crippen LogP contribution in [0.25, 0.3) is 0 Å². The molecule has 0 spiro atoms. The van der Waals surface area contributed by atoms with Gasteiger partial charge in [-0.05, 0) is 48.6 Å². The van der Waals surface area contributed by atoms with Crippen LogP contribution in [0.4, 0.5) is 0 Å². The highest BCUT2D eigenvalue weighted by Crippen LogP contribution is 2.66. The summed E-state index contributed by atoms with van der Waals surface area (Å²) in [6.45, 7) is 11.6. The quantitative estimate of drug-likeness (QED) is 0.222. The lowest BCUT2D eigenvalue weighted by molar-refractivity contribution is -0.149. The molecule has 2 amide bonds. The number of hydrogen-bond acceptors (Lipinski definition) is 8. The van der Waals surface area contributed by atoms with Gasteiger partial charge in [0, 0.05) is 55.9 Å². The third-order valence-corrected chi connectivity index (χ3v) is 10.0. The largest absolute Gasteiger partial charge is 0.455 e. The van der Waals surface area contributed by atoms with Gasteiger partial charge in [0.1, 0.15) is 16.4 Å². The van der Waals surface area contributed by atoms with Gasteiger partial charge in [-0.3, -0.25) is 24.2 Å². The second-order valence-electron chi connectivity index (χ2n) is 13.1. The molecule has 228 valence electrons. The van der Waals surface area contributed by atoms with Crippen molar-refractivity contribution in [2.75, 3.05) is 7.05 Å². The van der Waals surface area contributed by atoms with Crippen LogP contribution in [0.3, 0.4) is 0 Å². The first kappa shape index (κ1) is 31.8. The first-order valence-electron chi connectivity index (χ1n) is 14.9. The molecule has 2 aromatic rings. The number of ketones is 1. The molecule has 4 atom stereocenters. The Bertz CT molecular complexity index is 1290. The Labute approximate surface area is 252 Å². The van der Waals surface area contributed by atoms with E-state index in [4.69, 9.17) is 4.74 Å². The van der Waals surface area contributed by atoms with Crippen molar-refractivity contribution in [1.82, 2.24) is 20.2 Å². The Morgan fingerprint density at radius 2 is 1.81 bits per heavy atom. The zero-order valence-electron chi connectivity index (χ0n) is 25.8. The molecule has 0 saturated heterocycles. The topological polar surface area (TPSA) is 119 Å². The molecule has 0 unspecified atom stereocenters. The number of nitrogens with one attached hydrogen (secondary N) is 1. The molecule has 3 fully saturated rings. The lowest BCUT2D eigenvalue weighted by atomic mass is 9.40. The van der Waals surface area contributed by atoms with E-state index in [-0.39, 0.29) is 47.4 Å². The van der Waals surface area contributed by atoms with Crippen LogP contribution in [0, 0.1) is 23.2 Å². The minimum atomic E-state index is -0.720. The zero-order valence-corrected chi connectivity index (χ0v) is 26.6. The predicted octanol–water partition coefficient (Wildman–Crippen LogP) is 5.62. The van der Waals surface area contributed by atoms with Crippen LogP contribution in [-0.2, 0) is 14.3 Å². The van der Waals surface area contributed by atoms with Crippen molar-refractivity contribution in [1.29, 1.82) is 0 Å². The lowest BCUT2D eigenvalue weighted by Crippen LogP contribution is -2.73. The lowest BCUT2D eigenvalue weighted by Gasteiger charge is -2.69. The molecule has 2 heterocycles. The maximum atomic E-state index is 14.0. The molecule has 3 saturated carbocycles. The molecule has 3 aliphatic rings. The van der Waals surface area contributed by atoms with E-state index in [0.717, 1.165) is 25.7 Å². The number of rotatable bonds is 14. The van der Waals surface area contributed by atoms with Gasteiger partial charge in [0.2, 0.25) is 5.91 Å². The molecule has 5 rings (SSSR count). The van der Waals surface area contributed by atoms with Gasteiger partial charge in [-0.2, -0.15) is 0 Å². The molecule has 2 aromatic heterocycles. The minimum absolute atomic E-state index is 0.0200. The van der Waals surface area contributed by atoms with Gasteiger partial charge in [0.05, 0.1) is 0 Å². The number of pyridine rings is 1. The van der Waals surface area contributed by atoms with Crippen LogP contribution in [0.5, 0.6) is 0 Å². The van der Waals surface area contributed by atoms with Gasteiger partial charge in [0.15, 0.2) is 11.9 Å². The van der Waals surface area contributed by atoms with E-state index < -0.39 is 18.0 Å². The van der Waals surface area contributed by atoms with Gasteiger partial charge in [-0.15, -0.1) is 11.3 Å². The Morgan fingerprint density at radius 3 is 2.36 bits per heavy atom. The van der Waals surface area contributed by atoms with Crippen molar-refractivity contribution in [3.8, 4) is 0 Å². The van der Waals surface area contributed by atoms with Crippen molar-refractivity contribution in [3.05, 3.63) is 46.2 Å². The maximum absolute atomic E-state index is 14.0. The highest BCUT2D eigenvalue weighted by Gasteiger charge is 2.65. The van der Waals surface area contributed by atoms with Gasteiger partial charge in [0.25, 0.3) is 5.91 Å². The minimum Gasteiger partial charge on any atom is -0.455 e. The van der Waals surface area contributed by atoms with Crippen molar-refractivity contribution in [2.24, 2.45) is 23.2 Å². The summed E-state index contributed by atoms with van der Waals surface area (Å²) in [5.74, 6) is -1.47. The van der Waals surface area contributed by atoms with Gasteiger partial charge in [-0.25, -0.2) is 4.98 Å². The third-order valence-electron chi connectivity index (χ3n) is 9.09. The summed E-state index contributed by atoms with van der Waals surface area (Å²) < 4.78 is 5.72. The van der Waals surface area contributed by atoms with E-state index in [1.165, 1.54) is 18.3 Å². The summed E-state index contributed by atoms with van der Waals surface area (Å²) in [6.07, 6.45) is 4.99. The molecule has 3 aliphatic carbocycles. The number of amides is 2. The maximum Gasteiger partial charge on any atom is 0.303 e. The fraction of sp³-hybridized carbons (Fsp3) is 0.625. The number of nitrogens with zero attached hydrogens (tertiary/aromatic N) is 3. The number of ether oxygens (including phenoxy) is 1. The molecule has 42 heavy (non-hydrogen) atoms. The van der Waals surface area contributed by atoms with E-state index in [1.807, 2.05) is 27.7 Å².